The first-order valence-corrected chi connectivity index (χ1v) is 7.28. The Morgan fingerprint density at radius 1 is 1.40 bits per heavy atom. The fourth-order valence-electron chi connectivity index (χ4n) is 1.72. The van der Waals surface area contributed by atoms with Gasteiger partial charge in [0.2, 0.25) is 5.95 Å². The molecule has 0 spiro atoms. The van der Waals surface area contributed by atoms with Crippen LogP contribution in [0.2, 0.25) is 0 Å². The summed E-state index contributed by atoms with van der Waals surface area (Å²) in [4.78, 5) is 22.2. The maximum Gasteiger partial charge on any atom is 0.325 e. The highest BCUT2D eigenvalue weighted by atomic mass is 32.1. The number of thiophene rings is 1. The highest BCUT2D eigenvalue weighted by Crippen LogP contribution is 2.29. The number of carbonyl (C=O) groups is 1. The highest BCUT2D eigenvalue weighted by Gasteiger charge is 2.11. The number of carbonyl (C=O) groups excluding carboxylic acids is 1. The van der Waals surface area contributed by atoms with Gasteiger partial charge in [-0.3, -0.25) is 4.79 Å². The Morgan fingerprint density at radius 2 is 2.20 bits per heavy atom. The van der Waals surface area contributed by atoms with E-state index in [1.54, 1.807) is 11.3 Å². The molecule has 7 heteroatoms. The van der Waals surface area contributed by atoms with Crippen LogP contribution in [0.4, 0.5) is 11.8 Å². The van der Waals surface area contributed by atoms with E-state index in [1.807, 2.05) is 13.0 Å². The second-order valence-electron chi connectivity index (χ2n) is 4.33. The number of anilines is 2. The van der Waals surface area contributed by atoms with Crippen LogP contribution in [0.3, 0.4) is 0 Å². The first-order valence-electron chi connectivity index (χ1n) is 6.46. The van der Waals surface area contributed by atoms with Gasteiger partial charge in [0.1, 0.15) is 17.2 Å². The number of ether oxygens (including phenoxy) is 1. The molecule has 2 N–H and O–H groups in total. The monoisotopic (exact) mass is 294 g/mol. The maximum atomic E-state index is 11.2. The molecule has 2 rings (SSSR count). The van der Waals surface area contributed by atoms with Gasteiger partial charge in [-0.05, 0) is 19.4 Å². The number of hydrogen-bond donors (Lipinski definition) is 2. The number of aromatic nitrogens is 2. The molecule has 6 nitrogen and oxygen atoms in total. The van der Waals surface area contributed by atoms with Gasteiger partial charge in [-0.2, -0.15) is 4.98 Å². The summed E-state index contributed by atoms with van der Waals surface area (Å²) in [6.45, 7) is 5.00. The van der Waals surface area contributed by atoms with Crippen molar-refractivity contribution in [1.29, 1.82) is 0 Å². The summed E-state index contributed by atoms with van der Waals surface area (Å²) >= 11 is 1.61. The lowest BCUT2D eigenvalue weighted by atomic mass is 10.3. The second kappa shape index (κ2) is 6.51. The Morgan fingerprint density at radius 3 is 2.90 bits per heavy atom. The third-order valence-corrected chi connectivity index (χ3v) is 3.62. The summed E-state index contributed by atoms with van der Waals surface area (Å²) in [5.41, 5.74) is 0. The van der Waals surface area contributed by atoms with Gasteiger partial charge in [0.05, 0.1) is 12.5 Å². The molecule has 0 aliphatic heterocycles. The Kier molecular flexibility index (Phi) is 4.73. The van der Waals surface area contributed by atoms with Gasteiger partial charge in [-0.25, -0.2) is 4.98 Å². The molecule has 0 saturated heterocycles. The fourth-order valence-corrected chi connectivity index (χ4v) is 2.60. The Hall–Kier alpha value is -1.89. The van der Waals surface area contributed by atoms with E-state index in [-0.39, 0.29) is 12.5 Å². The second-order valence-corrected chi connectivity index (χ2v) is 5.56. The van der Waals surface area contributed by atoms with Crippen molar-refractivity contribution in [3.63, 3.8) is 0 Å². The van der Waals surface area contributed by atoms with Crippen molar-refractivity contribution in [3.8, 4) is 0 Å². The van der Waals surface area contributed by atoms with E-state index in [1.165, 1.54) is 7.11 Å². The molecule has 0 bridgehead atoms. The Bertz CT molecular complexity index is 612. The molecule has 0 radical (unpaired) electrons. The molecule has 0 unspecified atom stereocenters. The molecule has 0 aliphatic carbocycles. The lowest BCUT2D eigenvalue weighted by molar-refractivity contribution is -0.138. The van der Waals surface area contributed by atoms with Crippen molar-refractivity contribution >= 4 is 39.3 Å². The van der Waals surface area contributed by atoms with Gasteiger partial charge in [0.25, 0.3) is 0 Å². The molecule has 2 heterocycles. The predicted molar refractivity (Wildman–Crippen MR) is 81.4 cm³/mol. The quantitative estimate of drug-likeness (QED) is 0.797. The number of hydrogen-bond acceptors (Lipinski definition) is 7. The zero-order valence-corrected chi connectivity index (χ0v) is 12.6. The van der Waals surface area contributed by atoms with Gasteiger partial charge in [0, 0.05) is 11.4 Å². The van der Waals surface area contributed by atoms with Crippen LogP contribution < -0.4 is 10.6 Å². The minimum absolute atomic E-state index is 0.0880. The summed E-state index contributed by atoms with van der Waals surface area (Å²) in [5, 5.41) is 7.10. The molecule has 2 aromatic heterocycles. The number of esters is 1. The molecular weight excluding hydrogens is 276 g/mol. The SMILES string of the molecule is CCCNc1nc(NCC(=O)OC)c2cc(C)sc2n1. The van der Waals surface area contributed by atoms with Crippen molar-refractivity contribution in [2.24, 2.45) is 0 Å². The van der Waals surface area contributed by atoms with E-state index >= 15 is 0 Å². The van der Waals surface area contributed by atoms with Gasteiger partial charge in [-0.1, -0.05) is 6.92 Å². The topological polar surface area (TPSA) is 76.1 Å². The number of fused-ring (bicyclic) bond motifs is 1. The average molecular weight is 294 g/mol. The smallest absolute Gasteiger partial charge is 0.325 e. The minimum Gasteiger partial charge on any atom is -0.468 e. The lowest BCUT2D eigenvalue weighted by Crippen LogP contribution is -2.16. The zero-order chi connectivity index (χ0) is 14.5. The molecular formula is C13H18N4O2S. The first-order chi connectivity index (χ1) is 9.63. The van der Waals surface area contributed by atoms with Gasteiger partial charge in [0.15, 0.2) is 0 Å². The highest BCUT2D eigenvalue weighted by molar-refractivity contribution is 7.18. The van der Waals surface area contributed by atoms with Crippen LogP contribution in [0.25, 0.3) is 10.2 Å². The minimum atomic E-state index is -0.327. The molecule has 108 valence electrons. The average Bonchev–Trinajstić information content (AvgIpc) is 2.82. The van der Waals surface area contributed by atoms with E-state index in [9.17, 15) is 4.79 Å². The van der Waals surface area contributed by atoms with E-state index in [4.69, 9.17) is 0 Å². The third kappa shape index (κ3) is 3.36. The number of methoxy groups -OCH3 is 1. The molecule has 20 heavy (non-hydrogen) atoms. The first kappa shape index (κ1) is 14.5. The van der Waals surface area contributed by atoms with Crippen LogP contribution in [0.1, 0.15) is 18.2 Å². The Labute approximate surface area is 121 Å². The summed E-state index contributed by atoms with van der Waals surface area (Å²) < 4.78 is 4.63. The number of nitrogens with zero attached hydrogens (tertiary/aromatic N) is 2. The van der Waals surface area contributed by atoms with Gasteiger partial charge < -0.3 is 15.4 Å². The Balaban J connectivity index is 2.30. The summed E-state index contributed by atoms with van der Waals surface area (Å²) in [6.07, 6.45) is 0.996. The summed E-state index contributed by atoms with van der Waals surface area (Å²) in [7, 11) is 1.36. The fraction of sp³-hybridized carbons (Fsp3) is 0.462. The van der Waals surface area contributed by atoms with E-state index < -0.39 is 0 Å². The summed E-state index contributed by atoms with van der Waals surface area (Å²) in [6, 6.07) is 2.02. The maximum absolute atomic E-state index is 11.2. The van der Waals surface area contributed by atoms with Gasteiger partial charge in [-0.15, -0.1) is 11.3 Å². The van der Waals surface area contributed by atoms with Crippen LogP contribution >= 0.6 is 11.3 Å². The van der Waals surface area contributed by atoms with E-state index in [0.29, 0.717) is 11.8 Å². The third-order valence-electron chi connectivity index (χ3n) is 2.68. The standard InChI is InChI=1S/C13H18N4O2S/c1-4-5-14-13-16-11(15-7-10(18)19-3)9-6-8(2)20-12(9)17-13/h6H,4-5,7H2,1-3H3,(H2,14,15,16,17). The van der Waals surface area contributed by atoms with Crippen molar-refractivity contribution in [2.75, 3.05) is 30.8 Å². The molecule has 0 aromatic carbocycles. The van der Waals surface area contributed by atoms with Crippen molar-refractivity contribution in [3.05, 3.63) is 10.9 Å². The molecule has 0 fully saturated rings. The summed E-state index contributed by atoms with van der Waals surface area (Å²) in [5.74, 6) is 0.906. The van der Waals surface area contributed by atoms with Crippen molar-refractivity contribution in [2.45, 2.75) is 20.3 Å². The molecule has 0 saturated carbocycles. The predicted octanol–water partition coefficient (Wildman–Crippen LogP) is 2.41. The number of rotatable bonds is 6. The van der Waals surface area contributed by atoms with Crippen molar-refractivity contribution < 1.29 is 9.53 Å². The molecule has 2 aromatic rings. The van der Waals surface area contributed by atoms with Crippen LogP contribution in [-0.2, 0) is 9.53 Å². The molecule has 0 amide bonds. The van der Waals surface area contributed by atoms with Crippen LogP contribution in [0, 0.1) is 6.92 Å². The van der Waals surface area contributed by atoms with Crippen molar-refractivity contribution in [1.82, 2.24) is 9.97 Å². The van der Waals surface area contributed by atoms with Gasteiger partial charge >= 0.3 is 5.97 Å². The largest absolute Gasteiger partial charge is 0.468 e. The van der Waals surface area contributed by atoms with Crippen LogP contribution in [0.15, 0.2) is 6.07 Å². The molecule has 0 aliphatic rings. The zero-order valence-electron chi connectivity index (χ0n) is 11.8. The van der Waals surface area contributed by atoms with E-state index in [2.05, 4.69) is 32.3 Å². The number of aryl methyl sites for hydroxylation is 1. The molecule has 0 atom stereocenters. The van der Waals surface area contributed by atoms with Crippen LogP contribution in [-0.4, -0.2) is 36.1 Å². The van der Waals surface area contributed by atoms with E-state index in [0.717, 1.165) is 28.1 Å². The normalized spacial score (nSPS) is 10.6. The lowest BCUT2D eigenvalue weighted by Gasteiger charge is -2.08. The van der Waals surface area contributed by atoms with Crippen LogP contribution in [0.5, 0.6) is 0 Å². The number of nitrogens with one attached hydrogen (secondary N) is 2.